The number of halogens is 1. The number of hydrogen-bond acceptors (Lipinski definition) is 2. The molecule has 0 fully saturated rings. The van der Waals surface area contributed by atoms with E-state index < -0.39 is 0 Å². The van der Waals surface area contributed by atoms with Gasteiger partial charge in [-0.2, -0.15) is 5.10 Å². The van der Waals surface area contributed by atoms with Gasteiger partial charge in [0.1, 0.15) is 0 Å². The summed E-state index contributed by atoms with van der Waals surface area (Å²) < 4.78 is 2.72. The molecule has 1 aromatic carbocycles. The third-order valence-corrected chi connectivity index (χ3v) is 3.66. The first kappa shape index (κ1) is 13.8. The van der Waals surface area contributed by atoms with Crippen LogP contribution >= 0.6 is 15.9 Å². The summed E-state index contributed by atoms with van der Waals surface area (Å²) in [6.45, 7) is 2.56. The van der Waals surface area contributed by atoms with E-state index in [4.69, 9.17) is 0 Å². The topological polar surface area (TPSA) is 38.1 Å². The molecule has 2 rings (SSSR count). The van der Waals surface area contributed by atoms with Crippen LogP contribution in [0.15, 0.2) is 34.9 Å². The van der Waals surface area contributed by atoms with Crippen LogP contribution in [0, 0.1) is 6.92 Å². The molecular weight excluding hydrogens is 306 g/mol. The zero-order valence-electron chi connectivity index (χ0n) is 11.2. The molecule has 0 saturated carbocycles. The lowest BCUT2D eigenvalue weighted by molar-refractivity contribution is 0.0785. The van der Waals surface area contributed by atoms with Crippen LogP contribution in [0.1, 0.15) is 21.6 Å². The van der Waals surface area contributed by atoms with Gasteiger partial charge in [-0.3, -0.25) is 9.48 Å². The van der Waals surface area contributed by atoms with Crippen molar-refractivity contribution in [3.05, 3.63) is 51.8 Å². The van der Waals surface area contributed by atoms with E-state index in [1.807, 2.05) is 42.9 Å². The first-order chi connectivity index (χ1) is 8.99. The van der Waals surface area contributed by atoms with Gasteiger partial charge in [0.05, 0.1) is 6.20 Å². The molecule has 0 aliphatic heterocycles. The van der Waals surface area contributed by atoms with Crippen molar-refractivity contribution < 1.29 is 4.79 Å². The standard InChI is InChI=1S/C14H16BrN3O/c1-10-12(8-16-18(10)3)9-17(2)14(19)11-5-4-6-13(15)7-11/h4-8H,9H2,1-3H3. The molecule has 5 heteroatoms. The van der Waals surface area contributed by atoms with Gasteiger partial charge in [0.2, 0.25) is 0 Å². The summed E-state index contributed by atoms with van der Waals surface area (Å²) in [6.07, 6.45) is 1.81. The van der Waals surface area contributed by atoms with E-state index in [1.165, 1.54) is 0 Å². The highest BCUT2D eigenvalue weighted by Gasteiger charge is 2.14. The lowest BCUT2D eigenvalue weighted by Crippen LogP contribution is -2.26. The Kier molecular flexibility index (Phi) is 4.04. The van der Waals surface area contributed by atoms with E-state index in [9.17, 15) is 4.79 Å². The Balaban J connectivity index is 2.14. The van der Waals surface area contributed by atoms with Crippen LogP contribution in [-0.2, 0) is 13.6 Å². The first-order valence-electron chi connectivity index (χ1n) is 5.97. The average Bonchev–Trinajstić information content (AvgIpc) is 2.70. The molecule has 0 unspecified atom stereocenters. The normalized spacial score (nSPS) is 10.5. The molecule has 19 heavy (non-hydrogen) atoms. The second kappa shape index (κ2) is 5.57. The van der Waals surface area contributed by atoms with Gasteiger partial charge in [0, 0.05) is 41.9 Å². The molecule has 100 valence electrons. The van der Waals surface area contributed by atoms with Gasteiger partial charge in [0.15, 0.2) is 0 Å². The van der Waals surface area contributed by atoms with E-state index >= 15 is 0 Å². The second-order valence-corrected chi connectivity index (χ2v) is 5.47. The molecule has 0 saturated heterocycles. The van der Waals surface area contributed by atoms with Crippen LogP contribution in [0.4, 0.5) is 0 Å². The van der Waals surface area contributed by atoms with E-state index in [-0.39, 0.29) is 5.91 Å². The number of hydrogen-bond donors (Lipinski definition) is 0. The smallest absolute Gasteiger partial charge is 0.253 e. The monoisotopic (exact) mass is 321 g/mol. The Bertz CT molecular complexity index is 606. The lowest BCUT2D eigenvalue weighted by Gasteiger charge is -2.17. The van der Waals surface area contributed by atoms with E-state index in [0.717, 1.165) is 15.7 Å². The Morgan fingerprint density at radius 1 is 1.47 bits per heavy atom. The zero-order valence-corrected chi connectivity index (χ0v) is 12.8. The van der Waals surface area contributed by atoms with Crippen LogP contribution in [0.25, 0.3) is 0 Å². The van der Waals surface area contributed by atoms with Gasteiger partial charge in [-0.25, -0.2) is 0 Å². The summed E-state index contributed by atoms with van der Waals surface area (Å²) in [5, 5.41) is 4.19. The SMILES string of the molecule is Cc1c(CN(C)C(=O)c2cccc(Br)c2)cnn1C. The fourth-order valence-corrected chi connectivity index (χ4v) is 2.27. The van der Waals surface area contributed by atoms with Gasteiger partial charge < -0.3 is 4.90 Å². The molecule has 0 atom stereocenters. The van der Waals surface area contributed by atoms with E-state index in [0.29, 0.717) is 12.1 Å². The number of carbonyl (C=O) groups excluding carboxylic acids is 1. The number of carbonyl (C=O) groups is 1. The molecule has 0 N–H and O–H groups in total. The summed E-state index contributed by atoms with van der Waals surface area (Å²) in [6, 6.07) is 7.41. The van der Waals surface area contributed by atoms with Crippen molar-refractivity contribution in [1.29, 1.82) is 0 Å². The highest BCUT2D eigenvalue weighted by atomic mass is 79.9. The van der Waals surface area contributed by atoms with E-state index in [2.05, 4.69) is 21.0 Å². The van der Waals surface area contributed by atoms with Crippen molar-refractivity contribution >= 4 is 21.8 Å². The quantitative estimate of drug-likeness (QED) is 0.871. The predicted molar refractivity (Wildman–Crippen MR) is 77.9 cm³/mol. The molecule has 0 bridgehead atoms. The number of amides is 1. The molecule has 1 amide bonds. The number of benzene rings is 1. The van der Waals surface area contributed by atoms with Crippen LogP contribution in [0.3, 0.4) is 0 Å². The van der Waals surface area contributed by atoms with Crippen LogP contribution in [-0.4, -0.2) is 27.6 Å². The Labute approximate surface area is 121 Å². The molecule has 0 aliphatic rings. The maximum atomic E-state index is 12.3. The molecule has 2 aromatic rings. The second-order valence-electron chi connectivity index (χ2n) is 4.55. The first-order valence-corrected chi connectivity index (χ1v) is 6.77. The highest BCUT2D eigenvalue weighted by molar-refractivity contribution is 9.10. The van der Waals surface area contributed by atoms with Gasteiger partial charge in [-0.05, 0) is 25.1 Å². The van der Waals surface area contributed by atoms with Gasteiger partial charge in [-0.1, -0.05) is 22.0 Å². The largest absolute Gasteiger partial charge is 0.337 e. The minimum atomic E-state index is 0.00422. The average molecular weight is 322 g/mol. The van der Waals surface area contributed by atoms with Gasteiger partial charge >= 0.3 is 0 Å². The molecule has 1 aromatic heterocycles. The van der Waals surface area contributed by atoms with E-state index in [1.54, 1.807) is 18.1 Å². The highest BCUT2D eigenvalue weighted by Crippen LogP contribution is 2.15. The van der Waals surface area contributed by atoms with Crippen LogP contribution in [0.2, 0.25) is 0 Å². The maximum Gasteiger partial charge on any atom is 0.253 e. The third kappa shape index (κ3) is 3.04. The lowest BCUT2D eigenvalue weighted by atomic mass is 10.2. The molecular formula is C14H16BrN3O. The van der Waals surface area contributed by atoms with Crippen molar-refractivity contribution in [3.8, 4) is 0 Å². The fourth-order valence-electron chi connectivity index (χ4n) is 1.87. The van der Waals surface area contributed by atoms with Crippen molar-refractivity contribution in [1.82, 2.24) is 14.7 Å². The molecule has 4 nitrogen and oxygen atoms in total. The minimum Gasteiger partial charge on any atom is -0.337 e. The minimum absolute atomic E-state index is 0.00422. The summed E-state index contributed by atoms with van der Waals surface area (Å²) >= 11 is 3.38. The summed E-state index contributed by atoms with van der Waals surface area (Å²) in [7, 11) is 3.70. The molecule has 0 aliphatic carbocycles. The van der Waals surface area contributed by atoms with Crippen LogP contribution in [0.5, 0.6) is 0 Å². The number of aromatic nitrogens is 2. The fraction of sp³-hybridized carbons (Fsp3) is 0.286. The van der Waals surface area contributed by atoms with Gasteiger partial charge in [-0.15, -0.1) is 0 Å². The molecule has 0 radical (unpaired) electrons. The Morgan fingerprint density at radius 3 is 2.79 bits per heavy atom. The summed E-state index contributed by atoms with van der Waals surface area (Å²) in [5.74, 6) is 0.00422. The van der Waals surface area contributed by atoms with Gasteiger partial charge in [0.25, 0.3) is 5.91 Å². The van der Waals surface area contributed by atoms with Crippen LogP contribution < -0.4 is 0 Å². The van der Waals surface area contributed by atoms with Crippen molar-refractivity contribution in [3.63, 3.8) is 0 Å². The molecule has 1 heterocycles. The van der Waals surface area contributed by atoms with Crippen molar-refractivity contribution in [2.75, 3.05) is 7.05 Å². The number of rotatable bonds is 3. The maximum absolute atomic E-state index is 12.3. The predicted octanol–water partition coefficient (Wildman–Crippen LogP) is 2.76. The summed E-state index contributed by atoms with van der Waals surface area (Å²) in [5.41, 5.74) is 2.82. The van der Waals surface area contributed by atoms with Crippen molar-refractivity contribution in [2.24, 2.45) is 7.05 Å². The Hall–Kier alpha value is -1.62. The number of nitrogens with zero attached hydrogens (tertiary/aromatic N) is 3. The summed E-state index contributed by atoms with van der Waals surface area (Å²) in [4.78, 5) is 14.0. The number of aryl methyl sites for hydroxylation is 1. The molecule has 0 spiro atoms. The third-order valence-electron chi connectivity index (χ3n) is 3.16. The Morgan fingerprint density at radius 2 is 2.21 bits per heavy atom. The zero-order chi connectivity index (χ0) is 14.0. The van der Waals surface area contributed by atoms with Crippen molar-refractivity contribution in [2.45, 2.75) is 13.5 Å².